The molecule has 0 bridgehead atoms. The van der Waals surface area contributed by atoms with Crippen molar-refractivity contribution < 1.29 is 35.9 Å². The molecule has 3 amide bonds. The number of nitrogens with zero attached hydrogens (tertiary/aromatic N) is 9. The largest absolute Gasteiger partial charge is 0.419 e. The average molecular weight is 851 g/mol. The minimum absolute atomic E-state index is 0.0687. The highest BCUT2D eigenvalue weighted by Gasteiger charge is 2.37. The molecule has 0 atom stereocenters. The molecule has 4 aliphatic heterocycles. The van der Waals surface area contributed by atoms with E-state index in [2.05, 4.69) is 56.3 Å². The third kappa shape index (κ3) is 10.6. The lowest BCUT2D eigenvalue weighted by atomic mass is 9.88. The van der Waals surface area contributed by atoms with Gasteiger partial charge in [0.25, 0.3) is 0 Å². The molecular weight excluding hydrogens is 803 g/mol. The number of fused-ring (bicyclic) bond motifs is 1. The second kappa shape index (κ2) is 18.0. The molecule has 3 aromatic rings. The van der Waals surface area contributed by atoms with Crippen LogP contribution >= 0.6 is 12.1 Å². The van der Waals surface area contributed by atoms with Gasteiger partial charge in [-0.05, 0) is 81.1 Å². The first-order valence-electron chi connectivity index (χ1n) is 19.8. The number of carbonyl (C=O) groups excluding carboxylic acids is 2. The fourth-order valence-corrected chi connectivity index (χ4v) is 9.27. The summed E-state index contributed by atoms with van der Waals surface area (Å²) in [6.45, 7) is 5.37. The van der Waals surface area contributed by atoms with Gasteiger partial charge in [0.2, 0.25) is 11.9 Å². The zero-order chi connectivity index (χ0) is 41.9. The van der Waals surface area contributed by atoms with E-state index in [9.17, 15) is 35.9 Å². The van der Waals surface area contributed by atoms with Gasteiger partial charge in [0, 0.05) is 100 Å². The zero-order valence-electron chi connectivity index (χ0n) is 32.6. The molecule has 0 aliphatic carbocycles. The number of halogens is 6. The quantitative estimate of drug-likeness (QED) is 0.122. The molecule has 0 radical (unpaired) electrons. The number of hydrogen-bond donors (Lipinski definition) is 3. The van der Waals surface area contributed by atoms with Crippen LogP contribution in [-0.2, 0) is 18.0 Å². The smallest absolute Gasteiger partial charge is 0.404 e. The molecule has 59 heavy (non-hydrogen) atoms. The molecule has 0 unspecified atom stereocenters. The molecule has 4 aliphatic rings. The molecule has 0 spiro atoms. The summed E-state index contributed by atoms with van der Waals surface area (Å²) in [5.41, 5.74) is 5.47. The van der Waals surface area contributed by atoms with Gasteiger partial charge < -0.3 is 16.0 Å². The first-order chi connectivity index (χ1) is 28.1. The minimum Gasteiger partial charge on any atom is -0.404 e. The van der Waals surface area contributed by atoms with Crippen molar-refractivity contribution in [2.45, 2.75) is 69.3 Å². The molecule has 4 saturated heterocycles. The SMILES string of the molecule is Cn1nc(N2CCC(=O)NC2=O)c2ccc(C3CCN(CC4CCN(SN5CCC(Nc6ncc(C(F)(F)F)c(/C(C=NCC(F)(F)F)=C/N)n6)CC5)CC4)CC3)cc21. The molecule has 14 nitrogen and oxygen atoms in total. The summed E-state index contributed by atoms with van der Waals surface area (Å²) in [6.07, 6.45) is -1.47. The number of nitrogens with two attached hydrogens (primary N) is 1. The van der Waals surface area contributed by atoms with Crippen LogP contribution in [0, 0.1) is 5.92 Å². The lowest BCUT2D eigenvalue weighted by molar-refractivity contribution is -0.138. The molecule has 21 heteroatoms. The van der Waals surface area contributed by atoms with Crippen molar-refractivity contribution in [1.82, 2.24) is 38.6 Å². The summed E-state index contributed by atoms with van der Waals surface area (Å²) in [7, 11) is 1.88. The molecule has 320 valence electrons. The number of alkyl halides is 6. The van der Waals surface area contributed by atoms with Crippen LogP contribution in [0.2, 0.25) is 0 Å². The number of aromatic nitrogens is 4. The summed E-state index contributed by atoms with van der Waals surface area (Å²) in [6, 6.07) is 5.85. The van der Waals surface area contributed by atoms with E-state index in [4.69, 9.17) is 5.73 Å². The van der Waals surface area contributed by atoms with Gasteiger partial charge in [0.05, 0.1) is 11.2 Å². The van der Waals surface area contributed by atoms with Gasteiger partial charge in [-0.2, -0.15) is 31.4 Å². The fraction of sp³-hybridized carbons (Fsp3) is 0.579. The number of nitrogens with one attached hydrogen (secondary N) is 2. The van der Waals surface area contributed by atoms with Crippen molar-refractivity contribution in [2.24, 2.45) is 23.7 Å². The predicted octanol–water partition coefficient (Wildman–Crippen LogP) is 5.79. The van der Waals surface area contributed by atoms with E-state index in [-0.39, 0.29) is 24.3 Å². The Kier molecular flexibility index (Phi) is 13.0. The van der Waals surface area contributed by atoms with E-state index < -0.39 is 41.8 Å². The minimum atomic E-state index is -4.86. The van der Waals surface area contributed by atoms with Crippen LogP contribution in [0.3, 0.4) is 0 Å². The van der Waals surface area contributed by atoms with Crippen LogP contribution in [0.4, 0.5) is 42.9 Å². The number of anilines is 2. The Morgan fingerprint density at radius 3 is 2.32 bits per heavy atom. The molecule has 7 rings (SSSR count). The number of urea groups is 1. The standard InChI is InChI=1S/C38H48F6N12O2S/c1-52-31-18-26(2-3-29(31)34(51-52)56-17-10-32(57)49-36(56)58)25-6-11-53(12-7-25)22-24-4-13-54(14-5-24)59-55-15-8-28(9-16-55)48-35-47-21-30(38(42,43)44)33(50-35)27(19-45)20-46-23-37(39,40)41/h2-3,18-21,24-25,28H,4-17,22-23,45H2,1H3,(H,47,48,50)(H,49,57,58)/b27-19+,46-20?. The first-order valence-corrected chi connectivity index (χ1v) is 20.5. The van der Waals surface area contributed by atoms with E-state index in [1.165, 1.54) is 10.5 Å². The van der Waals surface area contributed by atoms with Crippen molar-refractivity contribution >= 4 is 58.5 Å². The highest BCUT2D eigenvalue weighted by Crippen LogP contribution is 2.36. The molecule has 0 saturated carbocycles. The summed E-state index contributed by atoms with van der Waals surface area (Å²) in [4.78, 5) is 39.3. The fourth-order valence-electron chi connectivity index (χ4n) is 8.20. The van der Waals surface area contributed by atoms with Gasteiger partial charge in [-0.15, -0.1) is 0 Å². The number of allylic oxidation sites excluding steroid dienone is 1. The van der Waals surface area contributed by atoms with E-state index >= 15 is 0 Å². The second-order valence-electron chi connectivity index (χ2n) is 15.5. The van der Waals surface area contributed by atoms with E-state index in [1.807, 2.05) is 17.8 Å². The van der Waals surface area contributed by atoms with Crippen LogP contribution in [-0.4, -0.2) is 123 Å². The van der Waals surface area contributed by atoms with Gasteiger partial charge in [-0.1, -0.05) is 6.07 Å². The molecule has 2 aromatic heterocycles. The van der Waals surface area contributed by atoms with E-state index in [1.54, 1.807) is 12.1 Å². The van der Waals surface area contributed by atoms with Crippen LogP contribution in [0.15, 0.2) is 35.6 Å². The Bertz CT molecular complexity index is 2030. The predicted molar refractivity (Wildman–Crippen MR) is 213 cm³/mol. The van der Waals surface area contributed by atoms with Gasteiger partial charge in [0.1, 0.15) is 12.1 Å². The number of benzene rings is 1. The topological polar surface area (TPSA) is 153 Å². The summed E-state index contributed by atoms with van der Waals surface area (Å²) >= 11 is 1.74. The lowest BCUT2D eigenvalue weighted by Crippen LogP contribution is -2.49. The lowest BCUT2D eigenvalue weighted by Gasteiger charge is -2.39. The number of carbonyl (C=O) groups is 2. The highest BCUT2D eigenvalue weighted by molar-refractivity contribution is 7.94. The van der Waals surface area contributed by atoms with Crippen molar-refractivity contribution in [3.8, 4) is 0 Å². The van der Waals surface area contributed by atoms with Crippen LogP contribution in [0.1, 0.15) is 67.7 Å². The number of rotatable bonds is 11. The first kappa shape index (κ1) is 42.6. The Labute approximate surface area is 341 Å². The van der Waals surface area contributed by atoms with E-state index in [0.717, 1.165) is 88.6 Å². The van der Waals surface area contributed by atoms with Gasteiger partial charge >= 0.3 is 18.4 Å². The van der Waals surface area contributed by atoms with Crippen LogP contribution < -0.4 is 21.3 Å². The number of amides is 3. The number of aliphatic imine (C=N–C) groups is 1. The molecule has 4 N–H and O–H groups in total. The van der Waals surface area contributed by atoms with Crippen LogP contribution in [0.25, 0.3) is 16.5 Å². The average Bonchev–Trinajstić information content (AvgIpc) is 3.52. The van der Waals surface area contributed by atoms with Crippen LogP contribution in [0.5, 0.6) is 0 Å². The Morgan fingerprint density at radius 2 is 1.68 bits per heavy atom. The number of aryl methyl sites for hydroxylation is 1. The summed E-state index contributed by atoms with van der Waals surface area (Å²) in [5.74, 6) is 1.30. The van der Waals surface area contributed by atoms with Crippen molar-refractivity contribution in [3.63, 3.8) is 0 Å². The zero-order valence-corrected chi connectivity index (χ0v) is 33.4. The molecule has 6 heterocycles. The monoisotopic (exact) mass is 850 g/mol. The second-order valence-corrected chi connectivity index (χ2v) is 16.7. The van der Waals surface area contributed by atoms with E-state index in [0.29, 0.717) is 49.5 Å². The highest BCUT2D eigenvalue weighted by atomic mass is 32.2. The third-order valence-corrected chi connectivity index (χ3v) is 12.6. The number of imide groups is 1. The molecular formula is C38H48F6N12O2S. The molecule has 4 fully saturated rings. The van der Waals surface area contributed by atoms with Gasteiger partial charge in [0.15, 0.2) is 5.82 Å². The third-order valence-electron chi connectivity index (χ3n) is 11.4. The maximum Gasteiger partial charge on any atom is 0.419 e. The normalized spacial score (nSPS) is 20.9. The summed E-state index contributed by atoms with van der Waals surface area (Å²) in [5, 5.41) is 11.0. The maximum atomic E-state index is 13.8. The van der Waals surface area contributed by atoms with Gasteiger partial charge in [-0.3, -0.25) is 24.7 Å². The molecule has 1 aromatic carbocycles. The van der Waals surface area contributed by atoms with Crippen molar-refractivity contribution in [3.05, 3.63) is 47.4 Å². The maximum absolute atomic E-state index is 13.8. The van der Waals surface area contributed by atoms with Gasteiger partial charge in [-0.25, -0.2) is 23.4 Å². The Balaban J connectivity index is 0.835. The number of hydrogen-bond acceptors (Lipinski definition) is 12. The number of piperidine rings is 3. The van der Waals surface area contributed by atoms with Crippen molar-refractivity contribution in [1.29, 1.82) is 0 Å². The van der Waals surface area contributed by atoms with Crippen molar-refractivity contribution in [2.75, 3.05) is 69.1 Å². The summed E-state index contributed by atoms with van der Waals surface area (Å²) < 4.78 is 85.5. The number of likely N-dealkylation sites (tertiary alicyclic amines) is 1. The Morgan fingerprint density at radius 1 is 0.983 bits per heavy atom. The Hall–Kier alpha value is -4.47.